The molecule has 0 bridgehead atoms. The van der Waals surface area contributed by atoms with Crippen molar-refractivity contribution >= 4 is 27.0 Å². The van der Waals surface area contributed by atoms with Crippen LogP contribution in [0.25, 0.3) is 16.7 Å². The molecule has 0 unspecified atom stereocenters. The zero-order valence-corrected chi connectivity index (χ0v) is 12.0. The first kappa shape index (κ1) is 12.4. The molecule has 1 heterocycles. The summed E-state index contributed by atoms with van der Waals surface area (Å²) in [5.74, 6) is 0. The van der Waals surface area contributed by atoms with Crippen molar-refractivity contribution in [2.45, 2.75) is 6.42 Å². The number of nitrogens with zero attached hydrogens (tertiary/aromatic N) is 2. The molecule has 0 saturated heterocycles. The first-order valence-corrected chi connectivity index (χ1v) is 7.00. The van der Waals surface area contributed by atoms with Crippen molar-refractivity contribution in [2.75, 3.05) is 6.54 Å². The molecule has 0 aliphatic rings. The van der Waals surface area contributed by atoms with E-state index in [1.54, 1.807) is 0 Å². The predicted molar refractivity (Wildman–Crippen MR) is 81.5 cm³/mol. The van der Waals surface area contributed by atoms with E-state index in [1.807, 2.05) is 24.5 Å². The van der Waals surface area contributed by atoms with Crippen molar-refractivity contribution < 1.29 is 0 Å². The molecule has 0 fully saturated rings. The van der Waals surface area contributed by atoms with Crippen LogP contribution in [0, 0.1) is 0 Å². The van der Waals surface area contributed by atoms with E-state index in [4.69, 9.17) is 5.73 Å². The van der Waals surface area contributed by atoms with Gasteiger partial charge < -0.3 is 5.73 Å². The Morgan fingerprint density at radius 1 is 1.16 bits per heavy atom. The van der Waals surface area contributed by atoms with Gasteiger partial charge in [-0.15, -0.1) is 0 Å². The van der Waals surface area contributed by atoms with Gasteiger partial charge >= 0.3 is 0 Å². The van der Waals surface area contributed by atoms with E-state index < -0.39 is 0 Å². The lowest BCUT2D eigenvalue weighted by Gasteiger charge is -2.09. The van der Waals surface area contributed by atoms with Crippen LogP contribution in [-0.2, 0) is 6.42 Å². The summed E-state index contributed by atoms with van der Waals surface area (Å²) in [7, 11) is 0. The van der Waals surface area contributed by atoms with Gasteiger partial charge in [-0.25, -0.2) is 4.98 Å². The smallest absolute Gasteiger partial charge is 0.100 e. The van der Waals surface area contributed by atoms with Crippen LogP contribution < -0.4 is 5.73 Å². The Balaban J connectivity index is 2.11. The SMILES string of the molecule is NCCc1ccc(-n2cnc3ccccc32)c(Br)c1. The second-order valence-corrected chi connectivity index (χ2v) is 5.28. The minimum Gasteiger partial charge on any atom is -0.330 e. The third-order valence-electron chi connectivity index (χ3n) is 3.16. The van der Waals surface area contributed by atoms with Gasteiger partial charge in [0.2, 0.25) is 0 Å². The van der Waals surface area contributed by atoms with Crippen LogP contribution in [0.2, 0.25) is 0 Å². The number of halogens is 1. The Morgan fingerprint density at radius 3 is 2.79 bits per heavy atom. The van der Waals surface area contributed by atoms with Gasteiger partial charge in [-0.2, -0.15) is 0 Å². The fourth-order valence-electron chi connectivity index (χ4n) is 2.22. The number of nitrogens with two attached hydrogens (primary N) is 1. The molecule has 96 valence electrons. The van der Waals surface area contributed by atoms with Crippen LogP contribution in [-0.4, -0.2) is 16.1 Å². The quantitative estimate of drug-likeness (QED) is 0.806. The number of hydrogen-bond acceptors (Lipinski definition) is 2. The number of rotatable bonds is 3. The highest BCUT2D eigenvalue weighted by Crippen LogP contribution is 2.26. The highest BCUT2D eigenvalue weighted by atomic mass is 79.9. The molecule has 4 heteroatoms. The van der Waals surface area contributed by atoms with Gasteiger partial charge in [0.25, 0.3) is 0 Å². The number of imidazole rings is 1. The Bertz CT molecular complexity index is 718. The highest BCUT2D eigenvalue weighted by Gasteiger charge is 2.07. The van der Waals surface area contributed by atoms with Gasteiger partial charge in [0.05, 0.1) is 16.7 Å². The van der Waals surface area contributed by atoms with Crippen molar-refractivity contribution in [3.63, 3.8) is 0 Å². The number of aromatic nitrogens is 2. The van der Waals surface area contributed by atoms with Crippen LogP contribution in [0.1, 0.15) is 5.56 Å². The molecule has 0 aliphatic carbocycles. The maximum atomic E-state index is 5.59. The molecule has 3 aromatic rings. The molecule has 3 nitrogen and oxygen atoms in total. The monoisotopic (exact) mass is 315 g/mol. The highest BCUT2D eigenvalue weighted by molar-refractivity contribution is 9.10. The fourth-order valence-corrected chi connectivity index (χ4v) is 2.84. The Morgan fingerprint density at radius 2 is 2.00 bits per heavy atom. The molecule has 0 saturated carbocycles. The predicted octanol–water partition coefficient (Wildman–Crippen LogP) is 3.29. The fraction of sp³-hybridized carbons (Fsp3) is 0.133. The molecule has 1 aromatic heterocycles. The number of benzene rings is 2. The largest absolute Gasteiger partial charge is 0.330 e. The molecular formula is C15H14BrN3. The van der Waals surface area contributed by atoms with Gasteiger partial charge in [0.1, 0.15) is 6.33 Å². The third-order valence-corrected chi connectivity index (χ3v) is 3.79. The molecule has 0 atom stereocenters. The second-order valence-electron chi connectivity index (χ2n) is 4.43. The van der Waals surface area contributed by atoms with E-state index in [2.05, 4.69) is 49.7 Å². The molecular weight excluding hydrogens is 302 g/mol. The Labute approximate surface area is 120 Å². The summed E-state index contributed by atoms with van der Waals surface area (Å²) in [6, 6.07) is 14.4. The summed E-state index contributed by atoms with van der Waals surface area (Å²) < 4.78 is 3.15. The first-order valence-electron chi connectivity index (χ1n) is 6.20. The van der Waals surface area contributed by atoms with Crippen molar-refractivity contribution in [3.8, 4) is 5.69 Å². The summed E-state index contributed by atoms with van der Waals surface area (Å²) in [5, 5.41) is 0. The third kappa shape index (κ3) is 2.29. The first-order chi connectivity index (χ1) is 9.29. The summed E-state index contributed by atoms with van der Waals surface area (Å²) in [4.78, 5) is 4.42. The van der Waals surface area contributed by atoms with E-state index in [1.165, 1.54) is 5.56 Å². The number of fused-ring (bicyclic) bond motifs is 1. The van der Waals surface area contributed by atoms with Crippen LogP contribution >= 0.6 is 15.9 Å². The molecule has 3 rings (SSSR count). The molecule has 0 aliphatic heterocycles. The zero-order valence-electron chi connectivity index (χ0n) is 10.4. The van der Waals surface area contributed by atoms with E-state index in [0.717, 1.165) is 27.6 Å². The Hall–Kier alpha value is -1.65. The average molecular weight is 316 g/mol. The molecule has 0 radical (unpaired) electrons. The molecule has 2 N–H and O–H groups in total. The van der Waals surface area contributed by atoms with Gasteiger partial charge in [-0.05, 0) is 58.7 Å². The maximum absolute atomic E-state index is 5.59. The molecule has 0 amide bonds. The van der Waals surface area contributed by atoms with Crippen molar-refractivity contribution in [3.05, 3.63) is 58.8 Å². The normalized spacial score (nSPS) is 11.1. The topological polar surface area (TPSA) is 43.8 Å². The van der Waals surface area contributed by atoms with E-state index in [-0.39, 0.29) is 0 Å². The van der Waals surface area contributed by atoms with Crippen LogP contribution in [0.15, 0.2) is 53.3 Å². The van der Waals surface area contributed by atoms with Gasteiger partial charge in [-0.1, -0.05) is 18.2 Å². The van der Waals surface area contributed by atoms with E-state index in [0.29, 0.717) is 6.54 Å². The van der Waals surface area contributed by atoms with Crippen LogP contribution in [0.5, 0.6) is 0 Å². The average Bonchev–Trinajstić information content (AvgIpc) is 2.83. The lowest BCUT2D eigenvalue weighted by molar-refractivity contribution is 0.964. The molecule has 2 aromatic carbocycles. The Kier molecular flexibility index (Phi) is 3.36. The number of hydrogen-bond donors (Lipinski definition) is 1. The minimum absolute atomic E-state index is 0.666. The minimum atomic E-state index is 0.666. The zero-order chi connectivity index (χ0) is 13.2. The number of para-hydroxylation sites is 2. The van der Waals surface area contributed by atoms with E-state index >= 15 is 0 Å². The summed E-state index contributed by atoms with van der Waals surface area (Å²) >= 11 is 3.63. The van der Waals surface area contributed by atoms with Crippen LogP contribution in [0.4, 0.5) is 0 Å². The second kappa shape index (κ2) is 5.15. The van der Waals surface area contributed by atoms with Crippen LogP contribution in [0.3, 0.4) is 0 Å². The summed E-state index contributed by atoms with van der Waals surface area (Å²) in [5.41, 5.74) is 10.0. The summed E-state index contributed by atoms with van der Waals surface area (Å²) in [6.07, 6.45) is 2.75. The lowest BCUT2D eigenvalue weighted by atomic mass is 10.1. The van der Waals surface area contributed by atoms with Crippen molar-refractivity contribution in [1.82, 2.24) is 9.55 Å². The van der Waals surface area contributed by atoms with Gasteiger partial charge in [-0.3, -0.25) is 4.57 Å². The van der Waals surface area contributed by atoms with E-state index in [9.17, 15) is 0 Å². The van der Waals surface area contributed by atoms with Gasteiger partial charge in [0.15, 0.2) is 0 Å². The lowest BCUT2D eigenvalue weighted by Crippen LogP contribution is -2.03. The van der Waals surface area contributed by atoms with Gasteiger partial charge in [0, 0.05) is 4.47 Å². The summed E-state index contributed by atoms with van der Waals surface area (Å²) in [6.45, 7) is 0.666. The van der Waals surface area contributed by atoms with Crippen molar-refractivity contribution in [1.29, 1.82) is 0 Å². The molecule has 0 spiro atoms. The standard InChI is InChI=1S/C15H14BrN3/c16-12-9-11(7-8-17)5-6-14(12)19-10-18-13-3-1-2-4-15(13)19/h1-6,9-10H,7-8,17H2. The van der Waals surface area contributed by atoms with Crippen molar-refractivity contribution in [2.24, 2.45) is 5.73 Å². The molecule has 19 heavy (non-hydrogen) atoms. The maximum Gasteiger partial charge on any atom is 0.100 e.